The zero-order chi connectivity index (χ0) is 21.2. The molecule has 0 radical (unpaired) electrons. The van der Waals surface area contributed by atoms with E-state index in [1.54, 1.807) is 6.92 Å². The molecule has 0 fully saturated rings. The van der Waals surface area contributed by atoms with Crippen molar-refractivity contribution in [2.75, 3.05) is 13.7 Å². The van der Waals surface area contributed by atoms with Gasteiger partial charge in [0, 0.05) is 35.5 Å². The fourth-order valence-electron chi connectivity index (χ4n) is 2.75. The number of rotatable bonds is 6. The summed E-state index contributed by atoms with van der Waals surface area (Å²) in [5.41, 5.74) is -1.53. The van der Waals surface area contributed by atoms with Gasteiger partial charge in [-0.1, -0.05) is 0 Å². The van der Waals surface area contributed by atoms with Crippen LogP contribution in [0, 0.1) is 5.82 Å². The number of nitrogens with one attached hydrogen (secondary N) is 2. The Morgan fingerprint density at radius 1 is 1.28 bits per heavy atom. The standard InChI is InChI=1S/C18H16F4N4O3/c1-3-29-17(27)16-23-8-9(24-16)6-12-14(25-26-15(12)18(20,21)22)11-5-4-10(28-2)7-13(11)19/h4-5,7-8H,3,6H2,1-2H3,(H,23,24)(H,25,26). The number of carbonyl (C=O) groups is 1. The number of carbonyl (C=O) groups excluding carboxylic acids is 1. The molecule has 0 saturated carbocycles. The van der Waals surface area contributed by atoms with E-state index < -0.39 is 23.7 Å². The van der Waals surface area contributed by atoms with Crippen LogP contribution in [0.5, 0.6) is 5.75 Å². The molecule has 154 valence electrons. The summed E-state index contributed by atoms with van der Waals surface area (Å²) in [6.07, 6.45) is -3.85. The summed E-state index contributed by atoms with van der Waals surface area (Å²) in [4.78, 5) is 18.1. The Hall–Kier alpha value is -3.37. The summed E-state index contributed by atoms with van der Waals surface area (Å²) in [6.45, 7) is 1.73. The molecule has 0 unspecified atom stereocenters. The van der Waals surface area contributed by atoms with Gasteiger partial charge in [0.05, 0.1) is 19.4 Å². The third kappa shape index (κ3) is 4.23. The highest BCUT2D eigenvalue weighted by molar-refractivity contribution is 5.85. The molecule has 11 heteroatoms. The summed E-state index contributed by atoms with van der Waals surface area (Å²) in [5.74, 6) is -1.45. The van der Waals surface area contributed by atoms with E-state index >= 15 is 0 Å². The molecule has 0 aliphatic heterocycles. The Labute approximate surface area is 162 Å². The summed E-state index contributed by atoms with van der Waals surface area (Å²) >= 11 is 0. The molecule has 2 aromatic heterocycles. The maximum Gasteiger partial charge on any atom is 0.433 e. The topological polar surface area (TPSA) is 92.9 Å². The van der Waals surface area contributed by atoms with Gasteiger partial charge in [0.1, 0.15) is 17.3 Å². The molecule has 0 aliphatic carbocycles. The lowest BCUT2D eigenvalue weighted by Crippen LogP contribution is -2.10. The van der Waals surface area contributed by atoms with Gasteiger partial charge < -0.3 is 14.5 Å². The van der Waals surface area contributed by atoms with Crippen molar-refractivity contribution in [3.8, 4) is 17.0 Å². The number of esters is 1. The molecule has 29 heavy (non-hydrogen) atoms. The first kappa shape index (κ1) is 20.4. The van der Waals surface area contributed by atoms with Crippen molar-refractivity contribution in [3.05, 3.63) is 53.0 Å². The van der Waals surface area contributed by atoms with Gasteiger partial charge in [-0.25, -0.2) is 14.2 Å². The number of methoxy groups -OCH3 is 1. The number of alkyl halides is 3. The van der Waals surface area contributed by atoms with E-state index in [0.29, 0.717) is 0 Å². The van der Waals surface area contributed by atoms with Crippen LogP contribution in [0.4, 0.5) is 17.6 Å². The zero-order valence-electron chi connectivity index (χ0n) is 15.4. The number of aromatic nitrogens is 4. The van der Waals surface area contributed by atoms with Crippen molar-refractivity contribution >= 4 is 5.97 Å². The highest BCUT2D eigenvalue weighted by atomic mass is 19.4. The predicted molar refractivity (Wildman–Crippen MR) is 92.9 cm³/mol. The first-order valence-electron chi connectivity index (χ1n) is 8.44. The molecular formula is C18H16F4N4O3. The van der Waals surface area contributed by atoms with Crippen LogP contribution in [0.2, 0.25) is 0 Å². The molecule has 0 bridgehead atoms. The second-order valence-electron chi connectivity index (χ2n) is 5.92. The minimum atomic E-state index is -4.74. The van der Waals surface area contributed by atoms with Crippen molar-refractivity contribution in [2.45, 2.75) is 19.5 Å². The Morgan fingerprint density at radius 2 is 2.03 bits per heavy atom. The molecular weight excluding hydrogens is 396 g/mol. The number of benzene rings is 1. The van der Waals surface area contributed by atoms with Crippen molar-refractivity contribution in [3.63, 3.8) is 0 Å². The first-order valence-corrected chi connectivity index (χ1v) is 8.44. The number of aromatic amines is 2. The minimum absolute atomic E-state index is 0.121. The smallest absolute Gasteiger partial charge is 0.433 e. The molecule has 0 atom stereocenters. The average Bonchev–Trinajstić information content (AvgIpc) is 3.29. The molecule has 7 nitrogen and oxygen atoms in total. The van der Waals surface area contributed by atoms with Crippen molar-refractivity contribution in [2.24, 2.45) is 0 Å². The maximum atomic E-state index is 14.4. The Balaban J connectivity index is 2.03. The largest absolute Gasteiger partial charge is 0.497 e. The van der Waals surface area contributed by atoms with E-state index in [2.05, 4.69) is 15.1 Å². The molecule has 0 amide bonds. The minimum Gasteiger partial charge on any atom is -0.497 e. The van der Waals surface area contributed by atoms with Crippen LogP contribution < -0.4 is 4.74 Å². The molecule has 2 N–H and O–H groups in total. The summed E-state index contributed by atoms with van der Waals surface area (Å²) < 4.78 is 64.5. The third-order valence-electron chi connectivity index (χ3n) is 4.05. The highest BCUT2D eigenvalue weighted by Crippen LogP contribution is 2.37. The molecule has 0 aliphatic rings. The number of H-pyrrole nitrogens is 2. The quantitative estimate of drug-likeness (QED) is 0.475. The fraction of sp³-hybridized carbons (Fsp3) is 0.278. The van der Waals surface area contributed by atoms with Gasteiger partial charge in [-0.2, -0.15) is 18.3 Å². The molecule has 1 aromatic carbocycles. The van der Waals surface area contributed by atoms with Crippen molar-refractivity contribution in [1.29, 1.82) is 0 Å². The van der Waals surface area contributed by atoms with Crippen LogP contribution >= 0.6 is 0 Å². The second kappa shape index (κ2) is 7.94. The Kier molecular flexibility index (Phi) is 5.57. The number of hydrogen-bond acceptors (Lipinski definition) is 5. The van der Waals surface area contributed by atoms with Gasteiger partial charge in [0.2, 0.25) is 5.82 Å². The van der Waals surface area contributed by atoms with E-state index in [1.165, 1.54) is 25.4 Å². The second-order valence-corrected chi connectivity index (χ2v) is 5.92. The van der Waals surface area contributed by atoms with Crippen LogP contribution in [0.15, 0.2) is 24.4 Å². The fourth-order valence-corrected chi connectivity index (χ4v) is 2.75. The molecule has 3 rings (SSSR count). The van der Waals surface area contributed by atoms with E-state index in [-0.39, 0.29) is 47.1 Å². The Morgan fingerprint density at radius 3 is 2.66 bits per heavy atom. The van der Waals surface area contributed by atoms with Gasteiger partial charge in [-0.15, -0.1) is 0 Å². The van der Waals surface area contributed by atoms with Gasteiger partial charge in [0.15, 0.2) is 0 Å². The van der Waals surface area contributed by atoms with Crippen molar-refractivity contribution < 1.29 is 31.8 Å². The molecule has 0 saturated heterocycles. The zero-order valence-corrected chi connectivity index (χ0v) is 15.4. The Bertz CT molecular complexity index is 1030. The number of nitrogens with zero attached hydrogens (tertiary/aromatic N) is 2. The normalized spacial score (nSPS) is 11.5. The van der Waals surface area contributed by atoms with Gasteiger partial charge >= 0.3 is 12.1 Å². The van der Waals surface area contributed by atoms with Gasteiger partial charge in [0.25, 0.3) is 0 Å². The predicted octanol–water partition coefficient (Wildman–Crippen LogP) is 3.73. The van der Waals surface area contributed by atoms with Crippen LogP contribution in [0.25, 0.3) is 11.3 Å². The number of halogens is 4. The summed E-state index contributed by atoms with van der Waals surface area (Å²) in [5, 5.41) is 5.62. The van der Waals surface area contributed by atoms with E-state index in [9.17, 15) is 22.4 Å². The van der Waals surface area contributed by atoms with Gasteiger partial charge in [-0.05, 0) is 19.1 Å². The monoisotopic (exact) mass is 412 g/mol. The lowest BCUT2D eigenvalue weighted by atomic mass is 10.0. The van der Waals surface area contributed by atoms with Crippen molar-refractivity contribution in [1.82, 2.24) is 20.2 Å². The molecule has 3 aromatic rings. The van der Waals surface area contributed by atoms with Crippen LogP contribution in [0.3, 0.4) is 0 Å². The number of hydrogen-bond donors (Lipinski definition) is 2. The highest BCUT2D eigenvalue weighted by Gasteiger charge is 2.38. The lowest BCUT2D eigenvalue weighted by Gasteiger charge is -2.09. The van der Waals surface area contributed by atoms with E-state index in [0.717, 1.165) is 6.07 Å². The first-order chi connectivity index (χ1) is 13.7. The maximum absolute atomic E-state index is 14.4. The van der Waals surface area contributed by atoms with E-state index in [4.69, 9.17) is 9.47 Å². The SMILES string of the molecule is CCOC(=O)c1ncc(Cc2c(-c3ccc(OC)cc3F)n[nH]c2C(F)(F)F)[nH]1. The van der Waals surface area contributed by atoms with Crippen LogP contribution in [-0.2, 0) is 17.3 Å². The molecule has 0 spiro atoms. The van der Waals surface area contributed by atoms with Crippen LogP contribution in [0.1, 0.15) is 34.5 Å². The van der Waals surface area contributed by atoms with Gasteiger partial charge in [-0.3, -0.25) is 5.10 Å². The average molecular weight is 412 g/mol. The molecule has 2 heterocycles. The van der Waals surface area contributed by atoms with Crippen LogP contribution in [-0.4, -0.2) is 39.9 Å². The number of imidazole rings is 1. The summed E-state index contributed by atoms with van der Waals surface area (Å²) in [7, 11) is 1.34. The lowest BCUT2D eigenvalue weighted by molar-refractivity contribution is -0.141. The third-order valence-corrected chi connectivity index (χ3v) is 4.05. The number of ether oxygens (including phenoxy) is 2. The summed E-state index contributed by atoms with van der Waals surface area (Å²) in [6, 6.07) is 3.75. The van der Waals surface area contributed by atoms with E-state index in [1.807, 2.05) is 5.10 Å².